The van der Waals surface area contributed by atoms with Gasteiger partial charge in [0.1, 0.15) is 25.4 Å². The van der Waals surface area contributed by atoms with Gasteiger partial charge in [0.15, 0.2) is 28.5 Å². The van der Waals surface area contributed by atoms with E-state index in [4.69, 9.17) is 9.47 Å². The third kappa shape index (κ3) is 3.82. The van der Waals surface area contributed by atoms with E-state index < -0.39 is 10.0 Å². The van der Waals surface area contributed by atoms with Gasteiger partial charge in [0.05, 0.1) is 10.6 Å². The van der Waals surface area contributed by atoms with Crippen LogP contribution in [0, 0.1) is 5.82 Å². The second kappa shape index (κ2) is 8.43. The number of fused-ring (bicyclic) bond motifs is 2. The Hall–Kier alpha value is -3.84. The number of halogens is 1. The zero-order valence-corrected chi connectivity index (χ0v) is 19.2. The van der Waals surface area contributed by atoms with Crippen molar-refractivity contribution >= 4 is 27.0 Å². The molecule has 6 rings (SSSR count). The first-order chi connectivity index (χ1) is 17.0. The number of ether oxygens (including phenoxy) is 2. The summed E-state index contributed by atoms with van der Waals surface area (Å²) in [6.45, 7) is 2.20. The highest BCUT2D eigenvalue weighted by molar-refractivity contribution is 7.89. The van der Waals surface area contributed by atoms with E-state index in [1.807, 2.05) is 4.90 Å². The molecule has 0 N–H and O–H groups in total. The number of aromatic nitrogens is 5. The maximum atomic E-state index is 13.3. The minimum absolute atomic E-state index is 0.168. The molecule has 35 heavy (non-hydrogen) atoms. The lowest BCUT2D eigenvalue weighted by Gasteiger charge is -2.34. The molecule has 0 amide bonds. The van der Waals surface area contributed by atoms with Crippen molar-refractivity contribution in [3.05, 3.63) is 54.6 Å². The molecule has 0 atom stereocenters. The van der Waals surface area contributed by atoms with Crippen molar-refractivity contribution < 1.29 is 22.3 Å². The zero-order valence-electron chi connectivity index (χ0n) is 18.4. The number of hydrogen-bond acceptors (Lipinski definition) is 9. The third-order valence-corrected chi connectivity index (χ3v) is 7.87. The van der Waals surface area contributed by atoms with Crippen molar-refractivity contribution in [2.75, 3.05) is 44.3 Å². The van der Waals surface area contributed by atoms with Crippen molar-refractivity contribution in [1.29, 1.82) is 0 Å². The zero-order chi connectivity index (χ0) is 24.0. The van der Waals surface area contributed by atoms with Crippen LogP contribution in [0.5, 0.6) is 11.5 Å². The van der Waals surface area contributed by atoms with E-state index in [1.54, 1.807) is 18.2 Å². The number of sulfonamides is 1. The van der Waals surface area contributed by atoms with Crippen LogP contribution >= 0.6 is 0 Å². The Morgan fingerprint density at radius 1 is 0.886 bits per heavy atom. The van der Waals surface area contributed by atoms with Gasteiger partial charge in [-0.1, -0.05) is 5.21 Å². The number of nitrogens with zero attached hydrogens (tertiary/aromatic N) is 7. The van der Waals surface area contributed by atoms with Crippen LogP contribution < -0.4 is 14.4 Å². The van der Waals surface area contributed by atoms with Gasteiger partial charge in [0.25, 0.3) is 0 Å². The topological polar surface area (TPSA) is 116 Å². The second-order valence-corrected chi connectivity index (χ2v) is 9.98. The van der Waals surface area contributed by atoms with Crippen LogP contribution in [-0.4, -0.2) is 77.1 Å². The molecule has 4 aromatic rings. The monoisotopic (exact) mass is 497 g/mol. The lowest BCUT2D eigenvalue weighted by molar-refractivity contribution is 0.171. The first kappa shape index (κ1) is 21.7. The quantitative estimate of drug-likeness (QED) is 0.415. The predicted octanol–water partition coefficient (Wildman–Crippen LogP) is 1.63. The molecule has 2 aliphatic heterocycles. The predicted molar refractivity (Wildman–Crippen MR) is 123 cm³/mol. The molecule has 180 valence electrons. The van der Waals surface area contributed by atoms with Crippen LogP contribution in [0.1, 0.15) is 0 Å². The highest BCUT2D eigenvalue weighted by Gasteiger charge is 2.31. The normalized spacial score (nSPS) is 16.5. The molecular formula is C22H20FN7O4S. The maximum Gasteiger partial charge on any atom is 0.243 e. The van der Waals surface area contributed by atoms with Crippen molar-refractivity contribution in [1.82, 2.24) is 29.3 Å². The fraction of sp³-hybridized carbons (Fsp3) is 0.273. The highest BCUT2D eigenvalue weighted by atomic mass is 32.2. The van der Waals surface area contributed by atoms with Gasteiger partial charge in [-0.25, -0.2) is 22.8 Å². The van der Waals surface area contributed by atoms with Crippen LogP contribution in [0.4, 0.5) is 10.2 Å². The van der Waals surface area contributed by atoms with Crippen LogP contribution in [0.2, 0.25) is 0 Å². The summed E-state index contributed by atoms with van der Waals surface area (Å²) in [5, 5.41) is 8.41. The van der Waals surface area contributed by atoms with Gasteiger partial charge < -0.3 is 14.4 Å². The lowest BCUT2D eigenvalue weighted by atomic mass is 10.3. The van der Waals surface area contributed by atoms with E-state index in [9.17, 15) is 12.8 Å². The number of rotatable bonds is 4. The molecule has 0 radical (unpaired) electrons. The van der Waals surface area contributed by atoms with E-state index in [2.05, 4.69) is 20.3 Å². The highest BCUT2D eigenvalue weighted by Crippen LogP contribution is 2.33. The Morgan fingerprint density at radius 3 is 2.40 bits per heavy atom. The molecule has 1 saturated heterocycles. The van der Waals surface area contributed by atoms with Crippen molar-refractivity contribution in [3.8, 4) is 17.2 Å². The Morgan fingerprint density at radius 2 is 1.63 bits per heavy atom. The Balaban J connectivity index is 1.22. The van der Waals surface area contributed by atoms with Gasteiger partial charge in [-0.05, 0) is 36.4 Å². The number of piperazine rings is 1. The fourth-order valence-corrected chi connectivity index (χ4v) is 5.64. The van der Waals surface area contributed by atoms with Gasteiger partial charge in [-0.15, -0.1) is 5.10 Å². The minimum Gasteiger partial charge on any atom is -0.486 e. The first-order valence-electron chi connectivity index (χ1n) is 11.0. The summed E-state index contributed by atoms with van der Waals surface area (Å²) in [5.74, 6) is 1.20. The van der Waals surface area contributed by atoms with Gasteiger partial charge in [-0.2, -0.15) is 8.99 Å². The molecule has 11 nitrogen and oxygen atoms in total. The number of anilines is 1. The summed E-state index contributed by atoms with van der Waals surface area (Å²) in [6.07, 6.45) is 1.42. The summed E-state index contributed by atoms with van der Waals surface area (Å²) in [4.78, 5) is 10.8. The van der Waals surface area contributed by atoms with E-state index in [-0.39, 0.29) is 23.8 Å². The van der Waals surface area contributed by atoms with Gasteiger partial charge in [-0.3, -0.25) is 0 Å². The molecule has 0 saturated carbocycles. The summed E-state index contributed by atoms with van der Waals surface area (Å²) < 4.78 is 53.8. The van der Waals surface area contributed by atoms with Crippen molar-refractivity contribution in [2.24, 2.45) is 0 Å². The van der Waals surface area contributed by atoms with Crippen molar-refractivity contribution in [3.63, 3.8) is 0 Å². The largest absolute Gasteiger partial charge is 0.486 e. The maximum absolute atomic E-state index is 13.3. The summed E-state index contributed by atoms with van der Waals surface area (Å²) in [7, 11) is -3.70. The average Bonchev–Trinajstić information content (AvgIpc) is 3.33. The molecular weight excluding hydrogens is 477 g/mol. The summed E-state index contributed by atoms with van der Waals surface area (Å²) in [5.41, 5.74) is 1.58. The minimum atomic E-state index is -3.70. The number of benzene rings is 2. The van der Waals surface area contributed by atoms with E-state index in [1.165, 1.54) is 39.6 Å². The molecule has 0 bridgehead atoms. The average molecular weight is 498 g/mol. The standard InChI is InChI=1S/C22H20FN7O4S/c23-15-1-3-16(4-2-15)30-22-20(26-27-30)21(24-14-25-22)28-7-9-29(10-8-28)35(31,32)17-5-6-18-19(13-17)34-12-11-33-18/h1-6,13-14H,7-12H2. The first-order valence-corrected chi connectivity index (χ1v) is 12.4. The molecule has 4 heterocycles. The lowest BCUT2D eigenvalue weighted by Crippen LogP contribution is -2.49. The summed E-state index contributed by atoms with van der Waals surface area (Å²) >= 11 is 0. The van der Waals surface area contributed by atoms with Gasteiger partial charge in [0, 0.05) is 32.2 Å². The van der Waals surface area contributed by atoms with Crippen LogP contribution in [0.15, 0.2) is 53.7 Å². The molecule has 1 fully saturated rings. The number of hydrogen-bond donors (Lipinski definition) is 0. The van der Waals surface area contributed by atoms with E-state index in [0.29, 0.717) is 60.5 Å². The third-order valence-electron chi connectivity index (χ3n) is 5.98. The molecule has 0 unspecified atom stereocenters. The summed E-state index contributed by atoms with van der Waals surface area (Å²) in [6, 6.07) is 10.5. The Bertz CT molecular complexity index is 1500. The van der Waals surface area contributed by atoms with Gasteiger partial charge >= 0.3 is 0 Å². The molecule has 2 aromatic carbocycles. The van der Waals surface area contributed by atoms with Crippen LogP contribution in [-0.2, 0) is 10.0 Å². The van der Waals surface area contributed by atoms with E-state index >= 15 is 0 Å². The smallest absolute Gasteiger partial charge is 0.243 e. The van der Waals surface area contributed by atoms with E-state index in [0.717, 1.165) is 0 Å². The Labute approximate surface area is 199 Å². The molecule has 2 aromatic heterocycles. The second-order valence-electron chi connectivity index (χ2n) is 8.04. The van der Waals surface area contributed by atoms with Crippen LogP contribution in [0.25, 0.3) is 16.9 Å². The molecule has 13 heteroatoms. The van der Waals surface area contributed by atoms with Crippen molar-refractivity contribution in [2.45, 2.75) is 4.90 Å². The van der Waals surface area contributed by atoms with Crippen LogP contribution in [0.3, 0.4) is 0 Å². The Kier molecular flexibility index (Phi) is 5.22. The SMILES string of the molecule is O=S(=O)(c1ccc2c(c1)OCCO2)N1CCN(c2ncnc3c2nnn3-c2ccc(F)cc2)CC1. The van der Waals surface area contributed by atoms with Gasteiger partial charge in [0.2, 0.25) is 10.0 Å². The molecule has 2 aliphatic rings. The fourth-order valence-electron chi connectivity index (χ4n) is 4.20. The molecule has 0 spiro atoms. The molecule has 0 aliphatic carbocycles.